The van der Waals surface area contributed by atoms with Crippen molar-refractivity contribution in [2.24, 2.45) is 0 Å². The van der Waals surface area contributed by atoms with Crippen molar-refractivity contribution >= 4 is 32.7 Å². The van der Waals surface area contributed by atoms with Crippen LogP contribution in [-0.2, 0) is 11.8 Å². The lowest BCUT2D eigenvalue weighted by Crippen LogP contribution is -2.24. The van der Waals surface area contributed by atoms with Gasteiger partial charge in [-0.15, -0.1) is 0 Å². The molecule has 0 saturated carbocycles. The summed E-state index contributed by atoms with van der Waals surface area (Å²) in [5.41, 5.74) is 18.8. The summed E-state index contributed by atoms with van der Waals surface area (Å²) in [4.78, 5) is 5.41. The molecule has 2 heteroatoms. The third kappa shape index (κ3) is 5.88. The number of nitrogens with zero attached hydrogens (tertiary/aromatic N) is 2. The molecule has 2 heterocycles. The fourth-order valence-corrected chi connectivity index (χ4v) is 10.1. The number of unbranched alkanes of at least 4 members (excludes halogenated alkanes) is 3. The van der Waals surface area contributed by atoms with Gasteiger partial charge in [-0.05, 0) is 118 Å². The predicted octanol–water partition coefficient (Wildman–Crippen LogP) is 15.5. The maximum atomic E-state index is 5.41. The quantitative estimate of drug-likeness (QED) is 0.120. The molecule has 0 bridgehead atoms. The van der Waals surface area contributed by atoms with Crippen LogP contribution in [0, 0.1) is 0 Å². The van der Waals surface area contributed by atoms with Gasteiger partial charge in [0.1, 0.15) is 0 Å². The number of fused-ring (bicyclic) bond motifs is 8. The van der Waals surface area contributed by atoms with Gasteiger partial charge in [-0.1, -0.05) is 161 Å². The van der Waals surface area contributed by atoms with Crippen molar-refractivity contribution in [1.29, 1.82) is 0 Å². The van der Waals surface area contributed by atoms with E-state index in [1.165, 1.54) is 109 Å². The standard InChI is InChI=1S/C56H50N2/c1-4-7-8-11-19-38-20-18-25-43(34-38)58-53-27-17-16-26-45(53)47-32-31-46-44-30-28-42(36-50(44)56(5-2,6-3)54(46)55(47)58)52-37-48(40-23-14-10-15-24-40)49-35-41(29-33-51(49)57-52)39-21-12-9-13-22-39/h9-10,12-18,20-37H,4-8,11,19H2,1-3H3. The highest BCUT2D eigenvalue weighted by Crippen LogP contribution is 2.57. The van der Waals surface area contributed by atoms with E-state index in [0.29, 0.717) is 0 Å². The number of pyridine rings is 1. The van der Waals surface area contributed by atoms with Gasteiger partial charge in [0.15, 0.2) is 0 Å². The molecule has 0 fully saturated rings. The summed E-state index contributed by atoms with van der Waals surface area (Å²) in [6, 6.07) is 60.9. The first-order chi connectivity index (χ1) is 28.6. The van der Waals surface area contributed by atoms with Gasteiger partial charge < -0.3 is 4.57 Å². The lowest BCUT2D eigenvalue weighted by Gasteiger charge is -2.31. The van der Waals surface area contributed by atoms with Gasteiger partial charge >= 0.3 is 0 Å². The molecule has 10 rings (SSSR count). The van der Waals surface area contributed by atoms with E-state index in [1.807, 2.05) is 0 Å². The Bertz CT molecular complexity index is 2950. The molecule has 0 N–H and O–H groups in total. The summed E-state index contributed by atoms with van der Waals surface area (Å²) < 4.78 is 2.59. The van der Waals surface area contributed by atoms with Crippen molar-refractivity contribution in [3.8, 4) is 50.3 Å². The van der Waals surface area contributed by atoms with E-state index in [1.54, 1.807) is 0 Å². The van der Waals surface area contributed by atoms with Crippen molar-refractivity contribution in [2.45, 2.75) is 71.1 Å². The van der Waals surface area contributed by atoms with Crippen LogP contribution in [0.1, 0.15) is 76.0 Å². The lowest BCUT2D eigenvalue weighted by atomic mass is 9.73. The van der Waals surface area contributed by atoms with Gasteiger partial charge in [0.25, 0.3) is 0 Å². The fourth-order valence-electron chi connectivity index (χ4n) is 10.1. The van der Waals surface area contributed by atoms with Crippen molar-refractivity contribution in [1.82, 2.24) is 9.55 Å². The Kier molecular flexibility index (Phi) is 9.29. The summed E-state index contributed by atoms with van der Waals surface area (Å²) in [5.74, 6) is 0. The molecule has 7 aromatic carbocycles. The van der Waals surface area contributed by atoms with Gasteiger partial charge in [0.2, 0.25) is 0 Å². The zero-order chi connectivity index (χ0) is 39.2. The maximum absolute atomic E-state index is 5.41. The molecule has 9 aromatic rings. The number of hydrogen-bond donors (Lipinski definition) is 0. The molecule has 2 aromatic heterocycles. The van der Waals surface area contributed by atoms with Crippen LogP contribution < -0.4 is 0 Å². The average molecular weight is 751 g/mol. The molecule has 284 valence electrons. The summed E-state index contributed by atoms with van der Waals surface area (Å²) in [5, 5.41) is 3.82. The molecular formula is C56H50N2. The van der Waals surface area contributed by atoms with Crippen LogP contribution >= 0.6 is 0 Å². The maximum Gasteiger partial charge on any atom is 0.0716 e. The highest BCUT2D eigenvalue weighted by molar-refractivity contribution is 6.13. The highest BCUT2D eigenvalue weighted by atomic mass is 15.0. The molecule has 0 saturated heterocycles. The molecule has 0 unspecified atom stereocenters. The van der Waals surface area contributed by atoms with Crippen molar-refractivity contribution < 1.29 is 0 Å². The Balaban J connectivity index is 1.15. The smallest absolute Gasteiger partial charge is 0.0716 e. The molecule has 1 aliphatic rings. The second-order valence-electron chi connectivity index (χ2n) is 16.3. The molecule has 58 heavy (non-hydrogen) atoms. The zero-order valence-corrected chi connectivity index (χ0v) is 33.9. The fraction of sp³-hybridized carbons (Fsp3) is 0.196. The van der Waals surface area contributed by atoms with E-state index in [2.05, 4.69) is 189 Å². The molecule has 0 amide bonds. The van der Waals surface area contributed by atoms with Crippen LogP contribution in [0.15, 0.2) is 164 Å². The predicted molar refractivity (Wildman–Crippen MR) is 247 cm³/mol. The van der Waals surface area contributed by atoms with Gasteiger partial charge in [0.05, 0.1) is 22.2 Å². The average Bonchev–Trinajstić information content (AvgIpc) is 3.78. The van der Waals surface area contributed by atoms with E-state index in [-0.39, 0.29) is 5.41 Å². The second kappa shape index (κ2) is 14.9. The van der Waals surface area contributed by atoms with Gasteiger partial charge in [0, 0.05) is 32.8 Å². The summed E-state index contributed by atoms with van der Waals surface area (Å²) in [6.07, 6.45) is 8.22. The Hall–Kier alpha value is -6.25. The first-order valence-electron chi connectivity index (χ1n) is 21.5. The molecule has 0 aliphatic heterocycles. The minimum absolute atomic E-state index is 0.159. The van der Waals surface area contributed by atoms with E-state index in [4.69, 9.17) is 4.98 Å². The molecule has 0 atom stereocenters. The van der Waals surface area contributed by atoms with E-state index >= 15 is 0 Å². The Morgan fingerprint density at radius 3 is 2.03 bits per heavy atom. The molecule has 0 radical (unpaired) electrons. The third-order valence-corrected chi connectivity index (χ3v) is 13.1. The SMILES string of the molecule is CCCCCCc1cccc(-n2c3ccccc3c3ccc4c(c32)C(CC)(CC)c2cc(-c3cc(-c5ccccc5)c5cc(-c6ccccc6)ccc5n3)ccc2-4)c1. The van der Waals surface area contributed by atoms with E-state index < -0.39 is 0 Å². The van der Waals surface area contributed by atoms with Crippen LogP contribution in [0.5, 0.6) is 0 Å². The Morgan fingerprint density at radius 1 is 0.500 bits per heavy atom. The van der Waals surface area contributed by atoms with Crippen LogP contribution in [0.4, 0.5) is 0 Å². The number of aryl methyl sites for hydroxylation is 1. The van der Waals surface area contributed by atoms with Crippen LogP contribution in [0.2, 0.25) is 0 Å². The monoisotopic (exact) mass is 750 g/mol. The molecular weight excluding hydrogens is 701 g/mol. The van der Waals surface area contributed by atoms with Crippen molar-refractivity contribution in [3.05, 3.63) is 180 Å². The van der Waals surface area contributed by atoms with Gasteiger partial charge in [-0.25, -0.2) is 4.98 Å². The first-order valence-corrected chi connectivity index (χ1v) is 21.5. The second-order valence-corrected chi connectivity index (χ2v) is 16.3. The number of rotatable bonds is 11. The van der Waals surface area contributed by atoms with Crippen molar-refractivity contribution in [3.63, 3.8) is 0 Å². The minimum atomic E-state index is -0.159. The highest BCUT2D eigenvalue weighted by Gasteiger charge is 2.43. The summed E-state index contributed by atoms with van der Waals surface area (Å²) in [6.45, 7) is 7.07. The Morgan fingerprint density at radius 2 is 1.24 bits per heavy atom. The first kappa shape index (κ1) is 36.1. The summed E-state index contributed by atoms with van der Waals surface area (Å²) in [7, 11) is 0. The number of aromatic nitrogens is 2. The lowest BCUT2D eigenvalue weighted by molar-refractivity contribution is 0.493. The minimum Gasteiger partial charge on any atom is -0.309 e. The van der Waals surface area contributed by atoms with Crippen LogP contribution in [-0.4, -0.2) is 9.55 Å². The van der Waals surface area contributed by atoms with E-state index in [0.717, 1.165) is 36.0 Å². The molecule has 1 aliphatic carbocycles. The van der Waals surface area contributed by atoms with Gasteiger partial charge in [-0.3, -0.25) is 0 Å². The van der Waals surface area contributed by atoms with Crippen LogP contribution in [0.25, 0.3) is 83.0 Å². The van der Waals surface area contributed by atoms with Crippen molar-refractivity contribution in [2.75, 3.05) is 0 Å². The third-order valence-electron chi connectivity index (χ3n) is 13.1. The number of benzene rings is 7. The van der Waals surface area contributed by atoms with E-state index in [9.17, 15) is 0 Å². The number of para-hydroxylation sites is 1. The zero-order valence-electron chi connectivity index (χ0n) is 33.9. The van der Waals surface area contributed by atoms with Gasteiger partial charge in [-0.2, -0.15) is 0 Å². The van der Waals surface area contributed by atoms with Crippen LogP contribution in [0.3, 0.4) is 0 Å². The molecule has 0 spiro atoms. The topological polar surface area (TPSA) is 17.8 Å². The summed E-state index contributed by atoms with van der Waals surface area (Å²) >= 11 is 0. The number of hydrogen-bond acceptors (Lipinski definition) is 1. The normalized spacial score (nSPS) is 13.0. The molecule has 2 nitrogen and oxygen atoms in total. The largest absolute Gasteiger partial charge is 0.309 e. The Labute approximate surface area is 342 Å².